The summed E-state index contributed by atoms with van der Waals surface area (Å²) in [5.74, 6) is -0.992. The lowest BCUT2D eigenvalue weighted by atomic mass is 10.1. The van der Waals surface area contributed by atoms with Gasteiger partial charge >= 0.3 is 0 Å². The summed E-state index contributed by atoms with van der Waals surface area (Å²) in [6, 6.07) is 4.66. The molecule has 0 aromatic heterocycles. The van der Waals surface area contributed by atoms with Crippen LogP contribution in [0, 0.1) is 11.6 Å². The number of rotatable bonds is 5. The molecule has 0 atom stereocenters. The van der Waals surface area contributed by atoms with Crippen molar-refractivity contribution in [1.82, 2.24) is 4.90 Å². The highest BCUT2D eigenvalue weighted by Gasteiger charge is 2.22. The Labute approximate surface area is 112 Å². The largest absolute Gasteiger partial charge is 0.295 e. The third kappa shape index (κ3) is 3.42. The maximum Gasteiger partial charge on any atom is 0.159 e. The molecule has 0 heterocycles. The van der Waals surface area contributed by atoms with E-state index >= 15 is 0 Å². The second kappa shape index (κ2) is 6.48. The van der Waals surface area contributed by atoms with Crippen molar-refractivity contribution < 1.29 is 8.78 Å². The lowest BCUT2D eigenvalue weighted by Crippen LogP contribution is -2.34. The predicted molar refractivity (Wildman–Crippen MR) is 69.7 cm³/mol. The number of alkyl halides is 1. The summed E-state index contributed by atoms with van der Waals surface area (Å²) >= 11 is 5.82. The van der Waals surface area contributed by atoms with Crippen molar-refractivity contribution in [2.45, 2.75) is 38.3 Å². The zero-order chi connectivity index (χ0) is 13.0. The summed E-state index contributed by atoms with van der Waals surface area (Å²) < 4.78 is 26.0. The van der Waals surface area contributed by atoms with Crippen LogP contribution in [0.5, 0.6) is 0 Å². The highest BCUT2D eigenvalue weighted by molar-refractivity contribution is 6.18. The van der Waals surface area contributed by atoms with Gasteiger partial charge in [-0.1, -0.05) is 18.9 Å². The fourth-order valence-electron chi connectivity index (χ4n) is 2.64. The molecular weight excluding hydrogens is 256 g/mol. The average molecular weight is 274 g/mol. The number of benzene rings is 1. The van der Waals surface area contributed by atoms with Crippen molar-refractivity contribution in [3.63, 3.8) is 0 Å². The predicted octanol–water partition coefficient (Wildman–Crippen LogP) is 3.95. The maximum absolute atomic E-state index is 13.2. The van der Waals surface area contributed by atoms with Gasteiger partial charge in [-0.15, -0.1) is 11.6 Å². The monoisotopic (exact) mass is 273 g/mol. The standard InChI is InChI=1S/C14H18ClF2N/c15-7-8-18(12-3-1-2-4-12)10-11-5-6-13(16)14(17)9-11/h5-6,9,12H,1-4,7-8,10H2. The SMILES string of the molecule is Fc1ccc(CN(CCCl)C2CCCC2)cc1F. The van der Waals surface area contributed by atoms with Gasteiger partial charge in [-0.25, -0.2) is 8.78 Å². The second-order valence-corrected chi connectivity index (χ2v) is 5.22. The van der Waals surface area contributed by atoms with Crippen LogP contribution in [0.3, 0.4) is 0 Å². The zero-order valence-electron chi connectivity index (χ0n) is 10.3. The molecule has 1 aliphatic carbocycles. The summed E-state index contributed by atoms with van der Waals surface area (Å²) in [5, 5.41) is 0. The van der Waals surface area contributed by atoms with E-state index in [1.807, 2.05) is 0 Å². The van der Waals surface area contributed by atoms with Crippen LogP contribution in [0.4, 0.5) is 8.78 Å². The number of halogens is 3. The minimum atomic E-state index is -0.788. The van der Waals surface area contributed by atoms with E-state index in [0.717, 1.165) is 12.1 Å². The van der Waals surface area contributed by atoms with E-state index in [0.29, 0.717) is 18.5 Å². The van der Waals surface area contributed by atoms with Crippen LogP contribution in [0.2, 0.25) is 0 Å². The van der Waals surface area contributed by atoms with Crippen LogP contribution in [-0.4, -0.2) is 23.4 Å². The van der Waals surface area contributed by atoms with E-state index in [9.17, 15) is 8.78 Å². The van der Waals surface area contributed by atoms with Gasteiger partial charge in [0.1, 0.15) is 0 Å². The minimum absolute atomic E-state index is 0.539. The Morgan fingerprint density at radius 3 is 2.50 bits per heavy atom. The molecule has 4 heteroatoms. The summed E-state index contributed by atoms with van der Waals surface area (Å²) in [6.07, 6.45) is 4.86. The summed E-state index contributed by atoms with van der Waals surface area (Å²) in [4.78, 5) is 2.28. The molecule has 100 valence electrons. The number of hydrogen-bond donors (Lipinski definition) is 0. The van der Waals surface area contributed by atoms with E-state index in [1.165, 1.54) is 37.8 Å². The van der Waals surface area contributed by atoms with E-state index in [-0.39, 0.29) is 0 Å². The Bertz CT molecular complexity index is 391. The molecule has 1 saturated carbocycles. The molecule has 0 saturated heterocycles. The van der Waals surface area contributed by atoms with Gasteiger partial charge in [0.15, 0.2) is 11.6 Å². The third-order valence-corrected chi connectivity index (χ3v) is 3.75. The molecule has 1 aromatic rings. The Morgan fingerprint density at radius 2 is 1.89 bits per heavy atom. The second-order valence-electron chi connectivity index (χ2n) is 4.85. The molecule has 0 bridgehead atoms. The van der Waals surface area contributed by atoms with E-state index < -0.39 is 11.6 Å². The molecule has 18 heavy (non-hydrogen) atoms. The van der Waals surface area contributed by atoms with Crippen molar-refractivity contribution in [3.05, 3.63) is 35.4 Å². The van der Waals surface area contributed by atoms with Gasteiger partial charge in [-0.3, -0.25) is 4.90 Å². The molecule has 1 fully saturated rings. The van der Waals surface area contributed by atoms with Gasteiger partial charge in [0.2, 0.25) is 0 Å². The van der Waals surface area contributed by atoms with Gasteiger partial charge in [0.25, 0.3) is 0 Å². The van der Waals surface area contributed by atoms with Crippen molar-refractivity contribution in [1.29, 1.82) is 0 Å². The van der Waals surface area contributed by atoms with Crippen molar-refractivity contribution >= 4 is 11.6 Å². The molecule has 0 amide bonds. The normalized spacial score (nSPS) is 16.7. The van der Waals surface area contributed by atoms with Crippen LogP contribution >= 0.6 is 11.6 Å². The first-order chi connectivity index (χ1) is 8.70. The van der Waals surface area contributed by atoms with E-state index in [4.69, 9.17) is 11.6 Å². The van der Waals surface area contributed by atoms with Crippen LogP contribution in [-0.2, 0) is 6.54 Å². The Kier molecular flexibility index (Phi) is 4.95. The zero-order valence-corrected chi connectivity index (χ0v) is 11.1. The van der Waals surface area contributed by atoms with Crippen LogP contribution in [0.1, 0.15) is 31.2 Å². The first kappa shape index (κ1) is 13.8. The average Bonchev–Trinajstić information content (AvgIpc) is 2.87. The van der Waals surface area contributed by atoms with Crippen molar-refractivity contribution in [2.24, 2.45) is 0 Å². The summed E-state index contributed by atoms with van der Waals surface area (Å²) in [5.41, 5.74) is 0.811. The molecule has 1 aromatic carbocycles. The Hall–Kier alpha value is -0.670. The number of hydrogen-bond acceptors (Lipinski definition) is 1. The maximum atomic E-state index is 13.2. The fraction of sp³-hybridized carbons (Fsp3) is 0.571. The Balaban J connectivity index is 2.04. The summed E-state index contributed by atoms with van der Waals surface area (Å²) in [6.45, 7) is 1.44. The molecular formula is C14H18ClF2N. The molecule has 0 aliphatic heterocycles. The van der Waals surface area contributed by atoms with Crippen LogP contribution in [0.25, 0.3) is 0 Å². The molecule has 0 spiro atoms. The first-order valence-electron chi connectivity index (χ1n) is 6.44. The minimum Gasteiger partial charge on any atom is -0.295 e. The highest BCUT2D eigenvalue weighted by atomic mass is 35.5. The van der Waals surface area contributed by atoms with Crippen molar-refractivity contribution in [2.75, 3.05) is 12.4 Å². The number of nitrogens with zero attached hydrogens (tertiary/aromatic N) is 1. The lowest BCUT2D eigenvalue weighted by molar-refractivity contribution is 0.201. The molecule has 0 N–H and O–H groups in total. The van der Waals surface area contributed by atoms with Gasteiger partial charge in [-0.05, 0) is 30.5 Å². The first-order valence-corrected chi connectivity index (χ1v) is 6.98. The lowest BCUT2D eigenvalue weighted by Gasteiger charge is -2.28. The third-order valence-electron chi connectivity index (χ3n) is 3.58. The molecule has 1 nitrogen and oxygen atoms in total. The molecule has 2 rings (SSSR count). The van der Waals surface area contributed by atoms with Crippen molar-refractivity contribution in [3.8, 4) is 0 Å². The van der Waals surface area contributed by atoms with Crippen LogP contribution < -0.4 is 0 Å². The Morgan fingerprint density at radius 1 is 1.17 bits per heavy atom. The van der Waals surface area contributed by atoms with E-state index in [2.05, 4.69) is 4.90 Å². The van der Waals surface area contributed by atoms with Gasteiger partial charge in [0.05, 0.1) is 0 Å². The smallest absolute Gasteiger partial charge is 0.159 e. The topological polar surface area (TPSA) is 3.24 Å². The molecule has 0 radical (unpaired) electrons. The quantitative estimate of drug-likeness (QED) is 0.735. The summed E-state index contributed by atoms with van der Waals surface area (Å²) in [7, 11) is 0. The van der Waals surface area contributed by atoms with Crippen LogP contribution in [0.15, 0.2) is 18.2 Å². The van der Waals surface area contributed by atoms with Gasteiger partial charge in [0, 0.05) is 25.0 Å². The highest BCUT2D eigenvalue weighted by Crippen LogP contribution is 2.25. The molecule has 1 aliphatic rings. The van der Waals surface area contributed by atoms with Gasteiger partial charge in [-0.2, -0.15) is 0 Å². The van der Waals surface area contributed by atoms with E-state index in [1.54, 1.807) is 6.07 Å². The van der Waals surface area contributed by atoms with Gasteiger partial charge < -0.3 is 0 Å². The fourth-order valence-corrected chi connectivity index (χ4v) is 2.86. The molecule has 0 unspecified atom stereocenters.